The molecule has 2 nitrogen and oxygen atoms in total. The maximum absolute atomic E-state index is 9.68. The Morgan fingerprint density at radius 1 is 0.655 bits per heavy atom. The van der Waals surface area contributed by atoms with Crippen LogP contribution in [0, 0.1) is 41.4 Å². The van der Waals surface area contributed by atoms with Gasteiger partial charge in [-0.05, 0) is 43.4 Å². The Labute approximate surface area is 181 Å². The predicted molar refractivity (Wildman–Crippen MR) is 125 cm³/mol. The van der Waals surface area contributed by atoms with Gasteiger partial charge in [0.2, 0.25) is 0 Å². The fourth-order valence-electron chi connectivity index (χ4n) is 3.15. The number of unbranched alkanes of at least 4 members (excludes halogenated alkanes) is 11. The van der Waals surface area contributed by atoms with Gasteiger partial charge in [-0.15, -0.1) is 11.8 Å². The lowest BCUT2D eigenvalue weighted by Gasteiger charge is -2.06. The van der Waals surface area contributed by atoms with E-state index in [-0.39, 0.29) is 6.61 Å². The van der Waals surface area contributed by atoms with E-state index in [1.807, 2.05) is 0 Å². The van der Waals surface area contributed by atoms with Crippen molar-refractivity contribution in [2.75, 3.05) is 6.61 Å². The molecule has 2 atom stereocenters. The van der Waals surface area contributed by atoms with Crippen LogP contribution < -0.4 is 0 Å². The van der Waals surface area contributed by atoms with Gasteiger partial charge in [0.15, 0.2) is 0 Å². The minimum absolute atomic E-state index is 0.184. The molecule has 0 heterocycles. The van der Waals surface area contributed by atoms with E-state index in [1.165, 1.54) is 70.6 Å². The lowest BCUT2D eigenvalue weighted by atomic mass is 10.00. The highest BCUT2D eigenvalue weighted by Gasteiger charge is 1.99. The van der Waals surface area contributed by atoms with Crippen LogP contribution in [0.4, 0.5) is 0 Å². The SMILES string of the molecule is CCC(C)CCCCCCC#CCCCCCCCCC[C@@H](O)C#CC#CCO. The normalized spacial score (nSPS) is 12.0. The van der Waals surface area contributed by atoms with E-state index >= 15 is 0 Å². The summed E-state index contributed by atoms with van der Waals surface area (Å²) in [6, 6.07) is 0. The Morgan fingerprint density at radius 3 is 1.72 bits per heavy atom. The van der Waals surface area contributed by atoms with Crippen molar-refractivity contribution in [3.8, 4) is 35.5 Å². The van der Waals surface area contributed by atoms with E-state index in [9.17, 15) is 5.11 Å². The van der Waals surface area contributed by atoms with Gasteiger partial charge in [-0.3, -0.25) is 0 Å². The van der Waals surface area contributed by atoms with E-state index in [4.69, 9.17) is 5.11 Å². The van der Waals surface area contributed by atoms with Gasteiger partial charge in [0.05, 0.1) is 0 Å². The molecule has 0 aromatic carbocycles. The molecule has 1 unspecified atom stereocenters. The molecule has 0 radical (unpaired) electrons. The minimum Gasteiger partial charge on any atom is -0.384 e. The Kier molecular flexibility index (Phi) is 21.8. The summed E-state index contributed by atoms with van der Waals surface area (Å²) in [5.41, 5.74) is 0. The van der Waals surface area contributed by atoms with E-state index in [0.29, 0.717) is 6.42 Å². The fourth-order valence-corrected chi connectivity index (χ4v) is 3.15. The number of rotatable bonds is 16. The zero-order valence-corrected chi connectivity index (χ0v) is 19.1. The quantitative estimate of drug-likeness (QED) is 0.237. The van der Waals surface area contributed by atoms with Crippen LogP contribution in [0.5, 0.6) is 0 Å². The predicted octanol–water partition coefficient (Wildman–Crippen LogP) is 6.25. The van der Waals surface area contributed by atoms with Gasteiger partial charge in [-0.25, -0.2) is 0 Å². The van der Waals surface area contributed by atoms with Gasteiger partial charge in [-0.1, -0.05) is 89.9 Å². The summed E-state index contributed by atoms with van der Waals surface area (Å²) in [6.45, 7) is 4.45. The third-order valence-corrected chi connectivity index (χ3v) is 5.32. The van der Waals surface area contributed by atoms with E-state index in [1.54, 1.807) is 0 Å². The number of aliphatic hydroxyl groups is 2. The largest absolute Gasteiger partial charge is 0.384 e. The molecule has 0 aliphatic heterocycles. The summed E-state index contributed by atoms with van der Waals surface area (Å²) >= 11 is 0. The van der Waals surface area contributed by atoms with Crippen molar-refractivity contribution in [1.82, 2.24) is 0 Å². The first-order valence-corrected chi connectivity index (χ1v) is 11.9. The molecule has 0 fully saturated rings. The van der Waals surface area contributed by atoms with Crippen molar-refractivity contribution in [3.05, 3.63) is 0 Å². The van der Waals surface area contributed by atoms with Crippen LogP contribution in [0.3, 0.4) is 0 Å². The van der Waals surface area contributed by atoms with Crippen LogP contribution in [0.25, 0.3) is 0 Å². The molecule has 0 aliphatic carbocycles. The molecule has 0 aromatic heterocycles. The highest BCUT2D eigenvalue weighted by Crippen LogP contribution is 2.13. The topological polar surface area (TPSA) is 40.5 Å². The zero-order valence-electron chi connectivity index (χ0n) is 19.1. The lowest BCUT2D eigenvalue weighted by molar-refractivity contribution is 0.217. The molecule has 0 spiro atoms. The summed E-state index contributed by atoms with van der Waals surface area (Å²) < 4.78 is 0. The molecule has 0 aromatic rings. The van der Waals surface area contributed by atoms with Gasteiger partial charge in [0.25, 0.3) is 0 Å². The van der Waals surface area contributed by atoms with Gasteiger partial charge in [-0.2, -0.15) is 0 Å². The lowest BCUT2D eigenvalue weighted by Crippen LogP contribution is -2.01. The Bertz CT molecular complexity index is 532. The fraction of sp³-hybridized carbons (Fsp3) is 0.778. The second-order valence-corrected chi connectivity index (χ2v) is 8.08. The summed E-state index contributed by atoms with van der Waals surface area (Å²) in [5.74, 6) is 17.8. The summed E-state index contributed by atoms with van der Waals surface area (Å²) in [4.78, 5) is 0. The smallest absolute Gasteiger partial charge is 0.115 e. The van der Waals surface area contributed by atoms with Crippen LogP contribution >= 0.6 is 0 Å². The molecule has 0 rings (SSSR count). The molecule has 164 valence electrons. The van der Waals surface area contributed by atoms with E-state index in [0.717, 1.165) is 31.6 Å². The highest BCUT2D eigenvalue weighted by molar-refractivity contribution is 5.27. The summed E-state index contributed by atoms with van der Waals surface area (Å²) in [5, 5.41) is 18.2. The third-order valence-electron chi connectivity index (χ3n) is 5.32. The molecule has 2 heteroatoms. The van der Waals surface area contributed by atoms with Gasteiger partial charge in [0.1, 0.15) is 12.7 Å². The monoisotopic (exact) mass is 400 g/mol. The van der Waals surface area contributed by atoms with Gasteiger partial charge < -0.3 is 10.2 Å². The van der Waals surface area contributed by atoms with Gasteiger partial charge >= 0.3 is 0 Å². The van der Waals surface area contributed by atoms with Crippen molar-refractivity contribution in [2.45, 2.75) is 123 Å². The molecular weight excluding hydrogens is 356 g/mol. The average molecular weight is 401 g/mol. The second-order valence-electron chi connectivity index (χ2n) is 8.08. The van der Waals surface area contributed by atoms with Crippen molar-refractivity contribution in [3.63, 3.8) is 0 Å². The molecule has 0 aliphatic rings. The molecule has 29 heavy (non-hydrogen) atoms. The van der Waals surface area contributed by atoms with E-state index in [2.05, 4.69) is 49.4 Å². The van der Waals surface area contributed by atoms with Crippen molar-refractivity contribution in [2.24, 2.45) is 5.92 Å². The maximum atomic E-state index is 9.68. The first-order chi connectivity index (χ1) is 14.2. The van der Waals surface area contributed by atoms with Crippen molar-refractivity contribution < 1.29 is 10.2 Å². The van der Waals surface area contributed by atoms with Crippen LogP contribution in [0.2, 0.25) is 0 Å². The molecule has 0 saturated carbocycles. The first-order valence-electron chi connectivity index (χ1n) is 11.9. The molecule has 0 amide bonds. The van der Waals surface area contributed by atoms with E-state index < -0.39 is 6.10 Å². The van der Waals surface area contributed by atoms with Crippen LogP contribution in [-0.4, -0.2) is 22.9 Å². The standard InChI is InChI=1S/C27H44O2/c1-3-26(2)22-18-15-13-11-9-7-5-4-6-8-10-12-14-16-19-23-27(29)24-20-17-21-25-28/h26-29H,3-4,6,8-16,18-19,22-23,25H2,1-2H3/t26?,27-/m1/s1. The Balaban J connectivity index is 3.31. The van der Waals surface area contributed by atoms with Crippen molar-refractivity contribution >= 4 is 0 Å². The third kappa shape index (κ3) is 22.8. The Hall–Kier alpha value is -1.40. The van der Waals surface area contributed by atoms with Crippen LogP contribution in [0.1, 0.15) is 117 Å². The summed E-state index contributed by atoms with van der Waals surface area (Å²) in [7, 11) is 0. The number of hydrogen-bond donors (Lipinski definition) is 2. The van der Waals surface area contributed by atoms with Crippen molar-refractivity contribution in [1.29, 1.82) is 0 Å². The maximum Gasteiger partial charge on any atom is 0.115 e. The Morgan fingerprint density at radius 2 is 1.17 bits per heavy atom. The molecule has 0 saturated heterocycles. The first kappa shape index (κ1) is 27.6. The number of hydrogen-bond acceptors (Lipinski definition) is 2. The minimum atomic E-state index is -0.591. The molecular formula is C27H44O2. The highest BCUT2D eigenvalue weighted by atomic mass is 16.3. The second kappa shape index (κ2) is 22.9. The zero-order chi connectivity index (χ0) is 21.4. The van der Waals surface area contributed by atoms with Gasteiger partial charge in [0, 0.05) is 12.8 Å². The molecule has 2 N–H and O–H groups in total. The average Bonchev–Trinajstić information content (AvgIpc) is 2.73. The van der Waals surface area contributed by atoms with Crippen LogP contribution in [0.15, 0.2) is 0 Å². The van der Waals surface area contributed by atoms with Crippen LogP contribution in [-0.2, 0) is 0 Å². The summed E-state index contributed by atoms with van der Waals surface area (Å²) in [6.07, 6.45) is 18.8. The molecule has 0 bridgehead atoms. The number of aliphatic hydroxyl groups excluding tert-OH is 2.